The molecular formula is C22H28N2O6. The van der Waals surface area contributed by atoms with Gasteiger partial charge in [0.15, 0.2) is 6.61 Å². The molecule has 1 amide bonds. The molecule has 0 radical (unpaired) electrons. The number of amides is 1. The summed E-state index contributed by atoms with van der Waals surface area (Å²) in [5, 5.41) is 3.77. The van der Waals surface area contributed by atoms with Crippen molar-refractivity contribution in [3.8, 4) is 5.75 Å². The summed E-state index contributed by atoms with van der Waals surface area (Å²) >= 11 is 0. The monoisotopic (exact) mass is 416 g/mol. The Bertz CT molecular complexity index is 995. The van der Waals surface area contributed by atoms with Crippen LogP contribution < -0.4 is 15.7 Å². The Kier molecular flexibility index (Phi) is 6.08. The van der Waals surface area contributed by atoms with Gasteiger partial charge in [0, 0.05) is 18.7 Å². The highest BCUT2D eigenvalue weighted by molar-refractivity contribution is 5.88. The van der Waals surface area contributed by atoms with Gasteiger partial charge >= 0.3 is 5.63 Å². The Balaban J connectivity index is 1.45. The number of rotatable bonds is 5. The second-order valence-electron chi connectivity index (χ2n) is 7.99. The number of morpholine rings is 1. The van der Waals surface area contributed by atoms with Crippen LogP contribution in [0.4, 0.5) is 0 Å². The van der Waals surface area contributed by atoms with Gasteiger partial charge in [0.1, 0.15) is 11.3 Å². The number of fused-ring (bicyclic) bond motifs is 1. The topological polar surface area (TPSA) is 90.2 Å². The number of nitrogens with zero attached hydrogens (tertiary/aromatic N) is 1. The van der Waals surface area contributed by atoms with E-state index in [1.165, 1.54) is 0 Å². The van der Waals surface area contributed by atoms with Crippen molar-refractivity contribution < 1.29 is 23.4 Å². The van der Waals surface area contributed by atoms with Gasteiger partial charge in [-0.1, -0.05) is 0 Å². The van der Waals surface area contributed by atoms with Crippen LogP contribution >= 0.6 is 0 Å². The Morgan fingerprint density at radius 1 is 1.13 bits per heavy atom. The third-order valence-corrected chi connectivity index (χ3v) is 5.93. The van der Waals surface area contributed by atoms with Crippen LogP contribution in [0, 0.1) is 20.8 Å². The SMILES string of the molecule is Cc1cc(OCC(=O)N[C@H]2COC[C@@H]2N2CCOCC2)c2c(C)c(C)c(=O)oc2c1. The summed E-state index contributed by atoms with van der Waals surface area (Å²) in [6.45, 7) is 9.54. The molecule has 2 fully saturated rings. The normalized spacial score (nSPS) is 22.4. The van der Waals surface area contributed by atoms with Crippen molar-refractivity contribution in [3.05, 3.63) is 39.2 Å². The van der Waals surface area contributed by atoms with Gasteiger partial charge in [-0.2, -0.15) is 0 Å². The predicted molar refractivity (Wildman–Crippen MR) is 111 cm³/mol. The van der Waals surface area contributed by atoms with Crippen molar-refractivity contribution in [2.45, 2.75) is 32.9 Å². The lowest BCUT2D eigenvalue weighted by molar-refractivity contribution is -0.124. The Labute approximate surface area is 175 Å². The van der Waals surface area contributed by atoms with E-state index in [2.05, 4.69) is 10.2 Å². The molecule has 2 aliphatic heterocycles. The third-order valence-electron chi connectivity index (χ3n) is 5.93. The van der Waals surface area contributed by atoms with Crippen molar-refractivity contribution in [1.29, 1.82) is 0 Å². The van der Waals surface area contributed by atoms with Gasteiger partial charge in [0.05, 0.1) is 43.9 Å². The van der Waals surface area contributed by atoms with E-state index in [0.717, 1.165) is 29.6 Å². The zero-order valence-electron chi connectivity index (χ0n) is 17.7. The second kappa shape index (κ2) is 8.75. The first-order valence-electron chi connectivity index (χ1n) is 10.3. The van der Waals surface area contributed by atoms with Crippen molar-refractivity contribution in [3.63, 3.8) is 0 Å². The average molecular weight is 416 g/mol. The Hall–Kier alpha value is -2.42. The molecule has 0 saturated carbocycles. The minimum Gasteiger partial charge on any atom is -0.483 e. The van der Waals surface area contributed by atoms with E-state index in [1.54, 1.807) is 13.0 Å². The Morgan fingerprint density at radius 2 is 1.90 bits per heavy atom. The van der Waals surface area contributed by atoms with Crippen molar-refractivity contribution in [2.24, 2.45) is 0 Å². The molecule has 2 aliphatic rings. The number of aryl methyl sites for hydroxylation is 2. The maximum atomic E-state index is 12.6. The van der Waals surface area contributed by atoms with E-state index in [9.17, 15) is 9.59 Å². The van der Waals surface area contributed by atoms with Crippen LogP contribution in [-0.2, 0) is 14.3 Å². The summed E-state index contributed by atoms with van der Waals surface area (Å²) in [7, 11) is 0. The standard InChI is InChI=1S/C22H28N2O6/c1-13-8-18(21-14(2)15(3)22(26)30-19(21)9-13)29-12-20(25)23-16-10-28-11-17(16)24-4-6-27-7-5-24/h8-9,16-17H,4-7,10-12H2,1-3H3,(H,23,25)/t16-,17-/m0/s1. The van der Waals surface area contributed by atoms with Gasteiger partial charge in [0.25, 0.3) is 5.91 Å². The number of nitrogens with one attached hydrogen (secondary N) is 1. The minimum atomic E-state index is -0.357. The van der Waals surface area contributed by atoms with Gasteiger partial charge in [0.2, 0.25) is 0 Å². The van der Waals surface area contributed by atoms with E-state index in [-0.39, 0.29) is 30.2 Å². The van der Waals surface area contributed by atoms with E-state index >= 15 is 0 Å². The van der Waals surface area contributed by atoms with Crippen LogP contribution in [0.1, 0.15) is 16.7 Å². The fourth-order valence-corrected chi connectivity index (χ4v) is 4.14. The summed E-state index contributed by atoms with van der Waals surface area (Å²) in [5.74, 6) is 0.335. The second-order valence-corrected chi connectivity index (χ2v) is 7.99. The predicted octanol–water partition coefficient (Wildman–Crippen LogP) is 1.31. The van der Waals surface area contributed by atoms with E-state index in [1.807, 2.05) is 19.9 Å². The molecule has 2 saturated heterocycles. The maximum Gasteiger partial charge on any atom is 0.339 e. The number of hydrogen-bond acceptors (Lipinski definition) is 7. The van der Waals surface area contributed by atoms with Crippen LogP contribution in [0.5, 0.6) is 5.75 Å². The molecule has 0 bridgehead atoms. The lowest BCUT2D eigenvalue weighted by atomic mass is 10.0. The molecule has 8 heteroatoms. The molecule has 8 nitrogen and oxygen atoms in total. The number of ether oxygens (including phenoxy) is 3. The van der Waals surface area contributed by atoms with Crippen LogP contribution in [0.2, 0.25) is 0 Å². The van der Waals surface area contributed by atoms with Gasteiger partial charge in [-0.3, -0.25) is 9.69 Å². The van der Waals surface area contributed by atoms with E-state index < -0.39 is 0 Å². The number of carbonyl (C=O) groups is 1. The quantitative estimate of drug-likeness (QED) is 0.735. The summed E-state index contributed by atoms with van der Waals surface area (Å²) in [5.41, 5.74) is 2.34. The first-order chi connectivity index (χ1) is 14.4. The summed E-state index contributed by atoms with van der Waals surface area (Å²) < 4.78 is 22.3. The van der Waals surface area contributed by atoms with Crippen LogP contribution in [0.3, 0.4) is 0 Å². The number of benzene rings is 1. The molecule has 4 rings (SSSR count). The molecule has 0 spiro atoms. The smallest absolute Gasteiger partial charge is 0.339 e. The highest BCUT2D eigenvalue weighted by Gasteiger charge is 2.34. The first-order valence-corrected chi connectivity index (χ1v) is 10.3. The van der Waals surface area contributed by atoms with Crippen LogP contribution in [0.25, 0.3) is 11.0 Å². The Morgan fingerprint density at radius 3 is 2.67 bits per heavy atom. The molecular weight excluding hydrogens is 388 g/mol. The first kappa shape index (κ1) is 20.8. The highest BCUT2D eigenvalue weighted by atomic mass is 16.5. The van der Waals surface area contributed by atoms with Crippen molar-refractivity contribution >= 4 is 16.9 Å². The summed E-state index contributed by atoms with van der Waals surface area (Å²) in [6, 6.07) is 3.74. The fraction of sp³-hybridized carbons (Fsp3) is 0.545. The van der Waals surface area contributed by atoms with Gasteiger partial charge < -0.3 is 23.9 Å². The molecule has 1 N–H and O–H groups in total. The highest BCUT2D eigenvalue weighted by Crippen LogP contribution is 2.30. The summed E-state index contributed by atoms with van der Waals surface area (Å²) in [6.07, 6.45) is 0. The lowest BCUT2D eigenvalue weighted by Gasteiger charge is -2.34. The van der Waals surface area contributed by atoms with E-state index in [4.69, 9.17) is 18.6 Å². The van der Waals surface area contributed by atoms with Crippen LogP contribution in [0.15, 0.2) is 21.3 Å². The minimum absolute atomic E-state index is 0.0737. The van der Waals surface area contributed by atoms with Crippen LogP contribution in [-0.4, -0.2) is 69.0 Å². The number of hydrogen-bond donors (Lipinski definition) is 1. The van der Waals surface area contributed by atoms with Crippen molar-refractivity contribution in [2.75, 3.05) is 46.1 Å². The third kappa shape index (κ3) is 4.21. The molecule has 3 heterocycles. The molecule has 162 valence electrons. The molecule has 0 unspecified atom stereocenters. The molecule has 2 atom stereocenters. The van der Waals surface area contributed by atoms with Crippen molar-refractivity contribution in [1.82, 2.24) is 10.2 Å². The lowest BCUT2D eigenvalue weighted by Crippen LogP contribution is -2.54. The molecule has 0 aliphatic carbocycles. The molecule has 2 aromatic rings. The van der Waals surface area contributed by atoms with Gasteiger partial charge in [-0.25, -0.2) is 4.79 Å². The maximum absolute atomic E-state index is 12.6. The summed E-state index contributed by atoms with van der Waals surface area (Å²) in [4.78, 5) is 26.9. The largest absolute Gasteiger partial charge is 0.483 e. The van der Waals surface area contributed by atoms with E-state index in [0.29, 0.717) is 43.3 Å². The molecule has 30 heavy (non-hydrogen) atoms. The molecule has 1 aromatic heterocycles. The van der Waals surface area contributed by atoms with Gasteiger partial charge in [-0.05, 0) is 44.0 Å². The molecule has 1 aromatic carbocycles. The zero-order chi connectivity index (χ0) is 21.3. The van der Waals surface area contributed by atoms with Gasteiger partial charge in [-0.15, -0.1) is 0 Å². The average Bonchev–Trinajstić information content (AvgIpc) is 3.18. The zero-order valence-corrected chi connectivity index (χ0v) is 17.7. The number of carbonyl (C=O) groups excluding carboxylic acids is 1. The fourth-order valence-electron chi connectivity index (χ4n) is 4.14.